The first-order chi connectivity index (χ1) is 6.00. The van der Waals surface area contributed by atoms with Crippen LogP contribution < -0.4 is 0 Å². The monoisotopic (exact) mass is 192 g/mol. The van der Waals surface area contributed by atoms with Crippen molar-refractivity contribution in [3.63, 3.8) is 0 Å². The van der Waals surface area contributed by atoms with Crippen molar-refractivity contribution in [2.24, 2.45) is 0 Å². The summed E-state index contributed by atoms with van der Waals surface area (Å²) >= 11 is 0. The van der Waals surface area contributed by atoms with Gasteiger partial charge in [0.05, 0.1) is 0 Å². The lowest BCUT2D eigenvalue weighted by atomic mass is 10.7. The maximum Gasteiger partial charge on any atom is 0.211 e. The second-order valence-electron chi connectivity index (χ2n) is 2.39. The van der Waals surface area contributed by atoms with Crippen molar-refractivity contribution in [1.29, 1.82) is 0 Å². The van der Waals surface area contributed by atoms with Crippen LogP contribution in [0.5, 0.6) is 0 Å². The van der Waals surface area contributed by atoms with Gasteiger partial charge in [-0.05, 0) is 0 Å². The van der Waals surface area contributed by atoms with Crippen LogP contribution in [0.15, 0.2) is 0 Å². The van der Waals surface area contributed by atoms with Crippen molar-refractivity contribution >= 4 is 0 Å². The van der Waals surface area contributed by atoms with Gasteiger partial charge in [0.25, 0.3) is 0 Å². The van der Waals surface area contributed by atoms with Gasteiger partial charge in [0.15, 0.2) is 23.4 Å². The maximum atomic E-state index is 10.7. The van der Waals surface area contributed by atoms with Gasteiger partial charge < -0.3 is 0 Å². The molecule has 0 aromatic carbocycles. The molecule has 0 aromatic heterocycles. The molecule has 0 bridgehead atoms. The lowest BCUT2D eigenvalue weighted by Crippen LogP contribution is -2.56. The van der Waals surface area contributed by atoms with Gasteiger partial charge >= 0.3 is 0 Å². The number of hydroxylamine groups is 2. The molecule has 0 unspecified atom stereocenters. The Morgan fingerprint density at radius 2 is 1.31 bits per heavy atom. The van der Waals surface area contributed by atoms with Crippen molar-refractivity contribution in [3.05, 3.63) is 20.2 Å². The van der Waals surface area contributed by atoms with Gasteiger partial charge in [-0.3, -0.25) is 0 Å². The Balaban J connectivity index is 2.62. The predicted molar refractivity (Wildman–Crippen MR) is 34.8 cm³/mol. The fourth-order valence-electron chi connectivity index (χ4n) is 0.893. The molecular formula is C3H6N5O5. The van der Waals surface area contributed by atoms with Crippen LogP contribution in [-0.4, -0.2) is 45.2 Å². The molecule has 0 amide bonds. The normalized spacial score (nSPS) is 18.8. The highest BCUT2D eigenvalue weighted by atomic mass is 16.7. The van der Waals surface area contributed by atoms with E-state index in [1.807, 2.05) is 0 Å². The molecule has 1 saturated heterocycles. The molecule has 0 aromatic rings. The molecule has 0 atom stereocenters. The minimum Gasteiger partial charge on any atom is -0.235 e. The van der Waals surface area contributed by atoms with E-state index in [4.69, 9.17) is 0 Å². The number of nitrogens with zero attached hydrogens (tertiary/aromatic N) is 5. The molecule has 10 heteroatoms. The number of nitro groups is 2. The maximum absolute atomic E-state index is 10.7. The second-order valence-corrected chi connectivity index (χ2v) is 2.39. The zero-order valence-corrected chi connectivity index (χ0v) is 6.40. The third-order valence-electron chi connectivity index (χ3n) is 1.43. The first kappa shape index (κ1) is 9.41. The molecule has 10 nitrogen and oxygen atoms in total. The molecule has 1 heterocycles. The molecule has 1 aliphatic heterocycles. The molecule has 0 saturated carbocycles. The van der Waals surface area contributed by atoms with Gasteiger partial charge in [0.1, 0.15) is 0 Å². The third-order valence-corrected chi connectivity index (χ3v) is 1.43. The Morgan fingerprint density at radius 1 is 0.923 bits per heavy atom. The molecule has 1 aliphatic rings. The van der Waals surface area contributed by atoms with Crippen molar-refractivity contribution in [2.45, 2.75) is 0 Å². The van der Waals surface area contributed by atoms with Crippen LogP contribution >= 0.6 is 0 Å². The summed E-state index contributed by atoms with van der Waals surface area (Å²) < 4.78 is 0. The van der Waals surface area contributed by atoms with Crippen LogP contribution in [0.3, 0.4) is 0 Å². The molecule has 1 radical (unpaired) electrons. The molecule has 73 valence electrons. The zero-order valence-electron chi connectivity index (χ0n) is 6.40. The van der Waals surface area contributed by atoms with Gasteiger partial charge in [-0.1, -0.05) is 10.0 Å². The number of hydrogen-bond acceptors (Lipinski definition) is 5. The Kier molecular flexibility index (Phi) is 2.44. The summed E-state index contributed by atoms with van der Waals surface area (Å²) in [5.74, 6) is 0. The van der Waals surface area contributed by atoms with E-state index in [0.29, 0.717) is 10.0 Å². The van der Waals surface area contributed by atoms with Crippen molar-refractivity contribution in [1.82, 2.24) is 15.1 Å². The van der Waals surface area contributed by atoms with E-state index < -0.39 is 30.1 Å². The van der Waals surface area contributed by atoms with Crippen LogP contribution in [0, 0.1) is 20.2 Å². The Hall–Kier alpha value is -1.68. The molecule has 1 fully saturated rings. The first-order valence-electron chi connectivity index (χ1n) is 3.21. The van der Waals surface area contributed by atoms with E-state index in [1.165, 1.54) is 0 Å². The van der Waals surface area contributed by atoms with E-state index >= 15 is 0 Å². The fraction of sp³-hybridized carbons (Fsp3) is 1.00. The highest BCUT2D eigenvalue weighted by Gasteiger charge is 2.34. The fourth-order valence-corrected chi connectivity index (χ4v) is 0.893. The third kappa shape index (κ3) is 2.13. The Morgan fingerprint density at radius 3 is 1.62 bits per heavy atom. The smallest absolute Gasteiger partial charge is 0.211 e. The summed E-state index contributed by atoms with van der Waals surface area (Å²) in [5.41, 5.74) is 0. The quantitative estimate of drug-likeness (QED) is 0.386. The van der Waals surface area contributed by atoms with Gasteiger partial charge in [-0.25, -0.2) is 20.2 Å². The Bertz CT molecular complexity index is 210. The molecule has 0 N–H and O–H groups in total. The standard InChI is InChI=1S/C3H6N5O5/c9-6-2-4(7(10)11)1-5(3-6)8(12)13/h1-3H2. The van der Waals surface area contributed by atoms with Crippen LogP contribution in [-0.2, 0) is 5.21 Å². The van der Waals surface area contributed by atoms with E-state index in [2.05, 4.69) is 0 Å². The topological polar surface area (TPSA) is 116 Å². The highest BCUT2D eigenvalue weighted by Crippen LogP contribution is 2.04. The number of hydrogen-bond donors (Lipinski definition) is 0. The number of rotatable bonds is 2. The summed E-state index contributed by atoms with van der Waals surface area (Å²) in [4.78, 5) is 20.4. The lowest BCUT2D eigenvalue weighted by Gasteiger charge is -2.27. The first-order valence-corrected chi connectivity index (χ1v) is 3.21. The van der Waals surface area contributed by atoms with E-state index in [1.54, 1.807) is 0 Å². The average Bonchev–Trinajstić information content (AvgIpc) is 2.03. The second kappa shape index (κ2) is 3.37. The van der Waals surface area contributed by atoms with Gasteiger partial charge in [0.2, 0.25) is 6.67 Å². The average molecular weight is 192 g/mol. The summed E-state index contributed by atoms with van der Waals surface area (Å²) in [6.45, 7) is -1.41. The van der Waals surface area contributed by atoms with Gasteiger partial charge in [-0.2, -0.15) is 0 Å². The van der Waals surface area contributed by atoms with Crippen LogP contribution in [0.4, 0.5) is 0 Å². The van der Waals surface area contributed by atoms with Crippen LogP contribution in [0.2, 0.25) is 0 Å². The minimum atomic E-state index is -0.847. The van der Waals surface area contributed by atoms with Crippen LogP contribution in [0.25, 0.3) is 0 Å². The highest BCUT2D eigenvalue weighted by molar-refractivity contribution is 4.48. The minimum absolute atomic E-state index is 0.231. The zero-order chi connectivity index (χ0) is 10.0. The Labute approximate surface area is 71.7 Å². The largest absolute Gasteiger partial charge is 0.235 e. The summed E-state index contributed by atoms with van der Waals surface area (Å²) in [7, 11) is 0. The molecule has 0 aliphatic carbocycles. The lowest BCUT2D eigenvalue weighted by molar-refractivity contribution is -0.734. The molecular weight excluding hydrogens is 186 g/mol. The van der Waals surface area contributed by atoms with Crippen molar-refractivity contribution in [2.75, 3.05) is 20.0 Å². The van der Waals surface area contributed by atoms with Crippen molar-refractivity contribution in [3.8, 4) is 0 Å². The van der Waals surface area contributed by atoms with E-state index in [-0.39, 0.29) is 5.06 Å². The van der Waals surface area contributed by atoms with Gasteiger partial charge in [0, 0.05) is 0 Å². The predicted octanol–water partition coefficient (Wildman–Crippen LogP) is -1.49. The van der Waals surface area contributed by atoms with E-state index in [0.717, 1.165) is 0 Å². The summed E-state index contributed by atoms with van der Waals surface area (Å²) in [6, 6.07) is 0. The number of hydrazine groups is 2. The molecule has 13 heavy (non-hydrogen) atoms. The summed E-state index contributed by atoms with van der Waals surface area (Å²) in [5, 5.41) is 30.5. The SMILES string of the molecule is [O]N1CN([N+](=O)[O-])CN([N+](=O)[O-])C1. The van der Waals surface area contributed by atoms with Crippen molar-refractivity contribution < 1.29 is 15.3 Å². The van der Waals surface area contributed by atoms with Gasteiger partial charge in [-0.15, -0.1) is 10.3 Å². The van der Waals surface area contributed by atoms with Crippen LogP contribution in [0.1, 0.15) is 0 Å². The van der Waals surface area contributed by atoms with E-state index in [9.17, 15) is 25.4 Å². The molecule has 0 spiro atoms. The summed E-state index contributed by atoms with van der Waals surface area (Å²) in [6.07, 6.45) is 0. The molecule has 1 rings (SSSR count).